The first-order valence-corrected chi connectivity index (χ1v) is 5.41. The highest BCUT2D eigenvalue weighted by Gasteiger charge is 2.11. The molecule has 0 radical (unpaired) electrons. The molecule has 0 aliphatic heterocycles. The van der Waals surface area contributed by atoms with Crippen molar-refractivity contribution >= 4 is 23.3 Å². The number of hydrogen-bond donors (Lipinski definition) is 2. The second-order valence-electron chi connectivity index (χ2n) is 3.32. The van der Waals surface area contributed by atoms with E-state index in [4.69, 9.17) is 11.6 Å². The molecule has 0 aliphatic rings. The maximum atomic E-state index is 11.8. The van der Waals surface area contributed by atoms with Gasteiger partial charge in [0.15, 0.2) is 10.8 Å². The summed E-state index contributed by atoms with van der Waals surface area (Å²) in [5.74, 6) is 0.224. The van der Waals surface area contributed by atoms with Crippen molar-refractivity contribution in [1.82, 2.24) is 20.4 Å². The second-order valence-corrected chi connectivity index (χ2v) is 3.71. The Labute approximate surface area is 102 Å². The molecule has 2 aromatic rings. The summed E-state index contributed by atoms with van der Waals surface area (Å²) in [5, 5.41) is 16.8. The zero-order valence-electron chi connectivity index (χ0n) is 9.07. The molecule has 6 nitrogen and oxygen atoms in total. The van der Waals surface area contributed by atoms with Crippen LogP contribution >= 0.6 is 11.6 Å². The van der Waals surface area contributed by atoms with E-state index in [1.165, 1.54) is 12.1 Å². The van der Waals surface area contributed by atoms with Gasteiger partial charge in [-0.15, -0.1) is 10.2 Å². The minimum absolute atomic E-state index is 0.200. The van der Waals surface area contributed by atoms with E-state index >= 15 is 0 Å². The monoisotopic (exact) mass is 251 g/mol. The molecule has 0 unspecified atom stereocenters. The lowest BCUT2D eigenvalue weighted by Crippen LogP contribution is -2.15. The van der Waals surface area contributed by atoms with Gasteiger partial charge in [0.05, 0.1) is 6.20 Å². The normalized spacial score (nSPS) is 10.2. The van der Waals surface area contributed by atoms with Gasteiger partial charge in [-0.25, -0.2) is 0 Å². The Kier molecular flexibility index (Phi) is 3.34. The number of nitrogens with zero attached hydrogens (tertiary/aromatic N) is 3. The molecule has 0 fully saturated rings. The summed E-state index contributed by atoms with van der Waals surface area (Å²) in [5.41, 5.74) is 1.13. The van der Waals surface area contributed by atoms with Gasteiger partial charge in [-0.1, -0.05) is 18.5 Å². The number of hydrogen-bond acceptors (Lipinski definition) is 4. The highest BCUT2D eigenvalue weighted by atomic mass is 35.5. The first-order valence-electron chi connectivity index (χ1n) is 5.03. The van der Waals surface area contributed by atoms with Crippen LogP contribution in [0.25, 0.3) is 0 Å². The molecule has 2 rings (SSSR count). The maximum Gasteiger partial charge on any atom is 0.277 e. The number of aromatic amines is 1. The highest BCUT2D eigenvalue weighted by molar-refractivity contribution is 6.29. The molecule has 0 aromatic carbocycles. The van der Waals surface area contributed by atoms with Crippen LogP contribution in [-0.2, 0) is 6.42 Å². The van der Waals surface area contributed by atoms with E-state index in [-0.39, 0.29) is 16.8 Å². The zero-order chi connectivity index (χ0) is 12.3. The van der Waals surface area contributed by atoms with Crippen molar-refractivity contribution in [1.29, 1.82) is 0 Å². The Hall–Kier alpha value is -1.95. The van der Waals surface area contributed by atoms with Crippen LogP contribution in [0.15, 0.2) is 18.3 Å². The highest BCUT2D eigenvalue weighted by Crippen LogP contribution is 2.12. The van der Waals surface area contributed by atoms with E-state index < -0.39 is 0 Å². The van der Waals surface area contributed by atoms with Gasteiger partial charge in [0.1, 0.15) is 5.82 Å². The van der Waals surface area contributed by atoms with Crippen LogP contribution in [-0.4, -0.2) is 26.3 Å². The van der Waals surface area contributed by atoms with Crippen molar-refractivity contribution < 1.29 is 4.79 Å². The van der Waals surface area contributed by atoms with Crippen LogP contribution < -0.4 is 5.32 Å². The topological polar surface area (TPSA) is 83.6 Å². The lowest BCUT2D eigenvalue weighted by atomic mass is 10.2. The first-order chi connectivity index (χ1) is 8.20. The molecule has 0 saturated heterocycles. The van der Waals surface area contributed by atoms with E-state index in [2.05, 4.69) is 25.7 Å². The quantitative estimate of drug-likeness (QED) is 0.869. The number of nitrogens with one attached hydrogen (secondary N) is 2. The summed E-state index contributed by atoms with van der Waals surface area (Å²) < 4.78 is 0. The number of aryl methyl sites for hydroxylation is 1. The Morgan fingerprint density at radius 1 is 1.47 bits per heavy atom. The van der Waals surface area contributed by atoms with E-state index in [0.29, 0.717) is 5.82 Å². The Bertz CT molecular complexity index is 522. The van der Waals surface area contributed by atoms with Gasteiger partial charge >= 0.3 is 0 Å². The molecule has 17 heavy (non-hydrogen) atoms. The van der Waals surface area contributed by atoms with Crippen LogP contribution in [0.2, 0.25) is 5.15 Å². The number of carbonyl (C=O) groups is 1. The molecule has 2 aromatic heterocycles. The fraction of sp³-hybridized carbons (Fsp3) is 0.200. The number of carbonyl (C=O) groups excluding carboxylic acids is 1. The largest absolute Gasteiger partial charge is 0.305 e. The number of H-pyrrole nitrogens is 1. The van der Waals surface area contributed by atoms with Crippen molar-refractivity contribution in [2.24, 2.45) is 0 Å². The van der Waals surface area contributed by atoms with Crippen molar-refractivity contribution in [3.8, 4) is 0 Å². The SMILES string of the molecule is CCc1cn[nH]c1NC(=O)c1ccc(Cl)nn1. The van der Waals surface area contributed by atoms with Crippen molar-refractivity contribution in [3.63, 3.8) is 0 Å². The third-order valence-electron chi connectivity index (χ3n) is 2.20. The molecule has 2 N–H and O–H groups in total. The van der Waals surface area contributed by atoms with Crippen LogP contribution in [0.4, 0.5) is 5.82 Å². The smallest absolute Gasteiger partial charge is 0.277 e. The van der Waals surface area contributed by atoms with E-state index in [1.54, 1.807) is 6.20 Å². The van der Waals surface area contributed by atoms with Crippen molar-refractivity contribution in [3.05, 3.63) is 34.7 Å². The Morgan fingerprint density at radius 3 is 2.94 bits per heavy atom. The summed E-state index contributed by atoms with van der Waals surface area (Å²) in [6.07, 6.45) is 2.45. The first kappa shape index (κ1) is 11.5. The molecule has 1 amide bonds. The molecular weight excluding hydrogens is 242 g/mol. The van der Waals surface area contributed by atoms with Gasteiger partial charge in [0.2, 0.25) is 0 Å². The van der Waals surface area contributed by atoms with Crippen LogP contribution in [0.1, 0.15) is 23.0 Å². The molecule has 0 spiro atoms. The molecule has 0 aliphatic carbocycles. The van der Waals surface area contributed by atoms with Gasteiger partial charge < -0.3 is 5.32 Å². The molecule has 0 saturated carbocycles. The minimum Gasteiger partial charge on any atom is -0.305 e. The van der Waals surface area contributed by atoms with E-state index in [1.807, 2.05) is 6.92 Å². The number of anilines is 1. The van der Waals surface area contributed by atoms with Crippen LogP contribution in [0.5, 0.6) is 0 Å². The minimum atomic E-state index is -0.354. The fourth-order valence-corrected chi connectivity index (χ4v) is 1.40. The van der Waals surface area contributed by atoms with Gasteiger partial charge in [-0.05, 0) is 18.6 Å². The van der Waals surface area contributed by atoms with Crippen molar-refractivity contribution in [2.45, 2.75) is 13.3 Å². The number of aromatic nitrogens is 4. The lowest BCUT2D eigenvalue weighted by Gasteiger charge is -2.03. The van der Waals surface area contributed by atoms with Crippen molar-refractivity contribution in [2.75, 3.05) is 5.32 Å². The maximum absolute atomic E-state index is 11.8. The summed E-state index contributed by atoms with van der Waals surface area (Å²) >= 11 is 5.59. The zero-order valence-corrected chi connectivity index (χ0v) is 9.82. The standard InChI is InChI=1S/C10H10ClN5O/c1-2-6-5-12-16-9(6)13-10(17)7-3-4-8(11)15-14-7/h3-5H,2H2,1H3,(H2,12,13,16,17). The molecule has 0 bridgehead atoms. The predicted molar refractivity (Wildman–Crippen MR) is 63.0 cm³/mol. The van der Waals surface area contributed by atoms with Gasteiger partial charge in [-0.3, -0.25) is 9.89 Å². The lowest BCUT2D eigenvalue weighted by molar-refractivity contribution is 0.102. The Morgan fingerprint density at radius 2 is 2.29 bits per heavy atom. The summed E-state index contributed by atoms with van der Waals surface area (Å²) in [7, 11) is 0. The second kappa shape index (κ2) is 4.92. The van der Waals surface area contributed by atoms with E-state index in [0.717, 1.165) is 12.0 Å². The van der Waals surface area contributed by atoms with E-state index in [9.17, 15) is 4.79 Å². The predicted octanol–water partition coefficient (Wildman–Crippen LogP) is 1.67. The molecule has 2 heterocycles. The van der Waals surface area contributed by atoms with Crippen LogP contribution in [0, 0.1) is 0 Å². The Balaban J connectivity index is 2.14. The third-order valence-corrected chi connectivity index (χ3v) is 2.40. The average Bonchev–Trinajstić information content (AvgIpc) is 2.77. The summed E-state index contributed by atoms with van der Waals surface area (Å²) in [6.45, 7) is 1.97. The molecule has 7 heteroatoms. The molecular formula is C10H10ClN5O. The van der Waals surface area contributed by atoms with Gasteiger partial charge in [0.25, 0.3) is 5.91 Å². The van der Waals surface area contributed by atoms with Gasteiger partial charge in [-0.2, -0.15) is 5.10 Å². The molecule has 88 valence electrons. The number of halogens is 1. The third kappa shape index (κ3) is 2.59. The summed E-state index contributed by atoms with van der Waals surface area (Å²) in [6, 6.07) is 3.02. The number of amides is 1. The average molecular weight is 252 g/mol. The molecule has 0 atom stereocenters. The number of rotatable bonds is 3. The summed E-state index contributed by atoms with van der Waals surface area (Å²) in [4.78, 5) is 11.8. The van der Waals surface area contributed by atoms with Crippen LogP contribution in [0.3, 0.4) is 0 Å². The fourth-order valence-electron chi connectivity index (χ4n) is 1.30. The van der Waals surface area contributed by atoms with Gasteiger partial charge in [0, 0.05) is 5.56 Å².